The molecule has 2 N–H and O–H groups in total. The molecule has 0 aliphatic heterocycles. The molecule has 0 radical (unpaired) electrons. The fourth-order valence-corrected chi connectivity index (χ4v) is 1.89. The standard InChI is InChI=1S/C12H21N3O3/c1-4-14(7-8-16)11(17)5-6-15-10(3)9(2)13-12(15)18/h16H,4-8H2,1-3H3,(H,13,18). The predicted molar refractivity (Wildman–Crippen MR) is 68.5 cm³/mol. The van der Waals surface area contributed by atoms with Crippen LogP contribution in [0.3, 0.4) is 0 Å². The smallest absolute Gasteiger partial charge is 0.325 e. The lowest BCUT2D eigenvalue weighted by molar-refractivity contribution is -0.131. The van der Waals surface area contributed by atoms with E-state index in [1.54, 1.807) is 9.47 Å². The zero-order chi connectivity index (χ0) is 13.7. The van der Waals surface area contributed by atoms with Gasteiger partial charge < -0.3 is 15.0 Å². The first-order valence-corrected chi connectivity index (χ1v) is 6.15. The lowest BCUT2D eigenvalue weighted by atomic mass is 10.3. The Bertz CT molecular complexity index is 462. The molecule has 0 atom stereocenters. The van der Waals surface area contributed by atoms with Gasteiger partial charge in [0.2, 0.25) is 5.91 Å². The molecule has 0 unspecified atom stereocenters. The molecule has 1 aromatic rings. The lowest BCUT2D eigenvalue weighted by Gasteiger charge is -2.19. The first kappa shape index (κ1) is 14.5. The molecule has 6 nitrogen and oxygen atoms in total. The van der Waals surface area contributed by atoms with E-state index in [-0.39, 0.29) is 24.6 Å². The average molecular weight is 255 g/mol. The summed E-state index contributed by atoms with van der Waals surface area (Å²) in [7, 11) is 0. The number of aliphatic hydroxyl groups is 1. The molecule has 1 rings (SSSR count). The van der Waals surface area contributed by atoms with Gasteiger partial charge in [0, 0.05) is 37.4 Å². The fraction of sp³-hybridized carbons (Fsp3) is 0.667. The summed E-state index contributed by atoms with van der Waals surface area (Å²) in [6.07, 6.45) is 0.270. The predicted octanol–water partition coefficient (Wildman–Crippen LogP) is 0.0241. The van der Waals surface area contributed by atoms with Gasteiger partial charge in [-0.3, -0.25) is 9.36 Å². The van der Waals surface area contributed by atoms with Gasteiger partial charge in [0.1, 0.15) is 0 Å². The van der Waals surface area contributed by atoms with Crippen LogP contribution in [0.5, 0.6) is 0 Å². The van der Waals surface area contributed by atoms with Crippen molar-refractivity contribution in [1.82, 2.24) is 14.5 Å². The van der Waals surface area contributed by atoms with Crippen LogP contribution in [0.1, 0.15) is 24.7 Å². The van der Waals surface area contributed by atoms with Gasteiger partial charge in [-0.1, -0.05) is 0 Å². The van der Waals surface area contributed by atoms with Crippen LogP contribution in [0.2, 0.25) is 0 Å². The third-order valence-electron chi connectivity index (χ3n) is 3.14. The molecule has 0 saturated carbocycles. The van der Waals surface area contributed by atoms with Crippen LogP contribution >= 0.6 is 0 Å². The molecule has 6 heteroatoms. The van der Waals surface area contributed by atoms with Crippen molar-refractivity contribution in [2.75, 3.05) is 19.7 Å². The molecule has 1 heterocycles. The van der Waals surface area contributed by atoms with E-state index in [0.29, 0.717) is 19.6 Å². The molecule has 0 aliphatic carbocycles. The van der Waals surface area contributed by atoms with E-state index in [1.807, 2.05) is 20.8 Å². The highest BCUT2D eigenvalue weighted by molar-refractivity contribution is 5.76. The van der Waals surface area contributed by atoms with E-state index in [1.165, 1.54) is 0 Å². The Hall–Kier alpha value is -1.56. The molecular formula is C12H21N3O3. The maximum atomic E-state index is 11.9. The number of aromatic amines is 1. The summed E-state index contributed by atoms with van der Waals surface area (Å²) >= 11 is 0. The topological polar surface area (TPSA) is 78.3 Å². The number of amides is 1. The molecule has 0 aromatic carbocycles. The maximum Gasteiger partial charge on any atom is 0.325 e. The van der Waals surface area contributed by atoms with Crippen molar-refractivity contribution in [3.05, 3.63) is 21.9 Å². The number of aromatic nitrogens is 2. The van der Waals surface area contributed by atoms with Crippen molar-refractivity contribution < 1.29 is 9.90 Å². The number of hydrogen-bond donors (Lipinski definition) is 2. The number of carbonyl (C=O) groups excluding carboxylic acids is 1. The Morgan fingerprint density at radius 1 is 1.44 bits per heavy atom. The van der Waals surface area contributed by atoms with Crippen molar-refractivity contribution in [1.29, 1.82) is 0 Å². The molecule has 1 aromatic heterocycles. The van der Waals surface area contributed by atoms with Crippen molar-refractivity contribution in [3.63, 3.8) is 0 Å². The summed E-state index contributed by atoms with van der Waals surface area (Å²) in [6.45, 7) is 6.79. The van der Waals surface area contributed by atoms with Crippen LogP contribution in [-0.2, 0) is 11.3 Å². The number of carbonyl (C=O) groups is 1. The Balaban J connectivity index is 2.65. The minimum absolute atomic E-state index is 0.0399. The van der Waals surface area contributed by atoms with Gasteiger partial charge in [-0.15, -0.1) is 0 Å². The molecule has 0 bridgehead atoms. The van der Waals surface area contributed by atoms with Crippen LogP contribution in [-0.4, -0.2) is 45.2 Å². The third-order valence-corrected chi connectivity index (χ3v) is 3.14. The van der Waals surface area contributed by atoms with Crippen molar-refractivity contribution in [2.24, 2.45) is 0 Å². The molecule has 102 valence electrons. The number of aliphatic hydroxyl groups excluding tert-OH is 1. The molecule has 0 saturated heterocycles. The van der Waals surface area contributed by atoms with Crippen LogP contribution in [0.4, 0.5) is 0 Å². The van der Waals surface area contributed by atoms with Crippen molar-refractivity contribution in [2.45, 2.75) is 33.7 Å². The van der Waals surface area contributed by atoms with E-state index < -0.39 is 0 Å². The van der Waals surface area contributed by atoms with E-state index in [4.69, 9.17) is 5.11 Å². The normalized spacial score (nSPS) is 10.7. The number of H-pyrrole nitrogens is 1. The second-order valence-electron chi connectivity index (χ2n) is 4.24. The number of nitrogens with one attached hydrogen (secondary N) is 1. The number of nitrogens with zero attached hydrogens (tertiary/aromatic N) is 2. The first-order chi connectivity index (χ1) is 8.51. The number of likely N-dealkylation sites (N-methyl/N-ethyl adjacent to an activating group) is 1. The highest BCUT2D eigenvalue weighted by Crippen LogP contribution is 2.03. The highest BCUT2D eigenvalue weighted by atomic mass is 16.3. The largest absolute Gasteiger partial charge is 0.395 e. The van der Waals surface area contributed by atoms with Crippen LogP contribution in [0.25, 0.3) is 0 Å². The van der Waals surface area contributed by atoms with Crippen LogP contribution < -0.4 is 5.69 Å². The van der Waals surface area contributed by atoms with Gasteiger partial charge in [-0.2, -0.15) is 0 Å². The average Bonchev–Trinajstić information content (AvgIpc) is 2.58. The molecule has 0 fully saturated rings. The minimum atomic E-state index is -0.178. The van der Waals surface area contributed by atoms with E-state index in [2.05, 4.69) is 4.98 Å². The Morgan fingerprint density at radius 3 is 2.56 bits per heavy atom. The summed E-state index contributed by atoms with van der Waals surface area (Å²) in [5, 5.41) is 8.84. The Morgan fingerprint density at radius 2 is 2.11 bits per heavy atom. The van der Waals surface area contributed by atoms with Gasteiger partial charge in [0.15, 0.2) is 0 Å². The SMILES string of the molecule is CCN(CCO)C(=O)CCn1c(C)c(C)[nH]c1=O. The quantitative estimate of drug-likeness (QED) is 0.752. The molecular weight excluding hydrogens is 234 g/mol. The third kappa shape index (κ3) is 3.22. The number of hydrogen-bond acceptors (Lipinski definition) is 3. The van der Waals surface area contributed by atoms with Gasteiger partial charge in [-0.25, -0.2) is 4.79 Å². The van der Waals surface area contributed by atoms with Gasteiger partial charge in [0.05, 0.1) is 6.61 Å². The second-order valence-corrected chi connectivity index (χ2v) is 4.24. The Kier molecular flexibility index (Phi) is 5.15. The molecule has 0 spiro atoms. The number of imidazole rings is 1. The van der Waals surface area contributed by atoms with Crippen LogP contribution in [0, 0.1) is 13.8 Å². The summed E-state index contributed by atoms with van der Waals surface area (Å²) in [5.74, 6) is -0.0447. The summed E-state index contributed by atoms with van der Waals surface area (Å²) in [5.41, 5.74) is 1.51. The summed E-state index contributed by atoms with van der Waals surface area (Å²) in [6, 6.07) is 0. The summed E-state index contributed by atoms with van der Waals surface area (Å²) < 4.78 is 1.57. The van der Waals surface area contributed by atoms with Gasteiger partial charge >= 0.3 is 5.69 Å². The number of aryl methyl sites for hydroxylation is 1. The fourth-order valence-electron chi connectivity index (χ4n) is 1.89. The molecule has 1 amide bonds. The monoisotopic (exact) mass is 255 g/mol. The van der Waals surface area contributed by atoms with E-state index >= 15 is 0 Å². The van der Waals surface area contributed by atoms with Crippen LogP contribution in [0.15, 0.2) is 4.79 Å². The molecule has 18 heavy (non-hydrogen) atoms. The lowest BCUT2D eigenvalue weighted by Crippen LogP contribution is -2.34. The van der Waals surface area contributed by atoms with Gasteiger partial charge in [0.25, 0.3) is 0 Å². The van der Waals surface area contributed by atoms with Gasteiger partial charge in [-0.05, 0) is 20.8 Å². The second kappa shape index (κ2) is 6.39. The van der Waals surface area contributed by atoms with E-state index in [0.717, 1.165) is 11.4 Å². The summed E-state index contributed by atoms with van der Waals surface area (Å²) in [4.78, 5) is 27.7. The Labute approximate surface area is 106 Å². The minimum Gasteiger partial charge on any atom is -0.395 e. The molecule has 0 aliphatic rings. The number of rotatable bonds is 6. The maximum absolute atomic E-state index is 11.9. The van der Waals surface area contributed by atoms with E-state index in [9.17, 15) is 9.59 Å². The highest BCUT2D eigenvalue weighted by Gasteiger charge is 2.13. The van der Waals surface area contributed by atoms with Crippen molar-refractivity contribution in [3.8, 4) is 0 Å². The first-order valence-electron chi connectivity index (χ1n) is 6.15. The zero-order valence-electron chi connectivity index (χ0n) is 11.2. The zero-order valence-corrected chi connectivity index (χ0v) is 11.2. The van der Waals surface area contributed by atoms with Crippen molar-refractivity contribution >= 4 is 5.91 Å².